The van der Waals surface area contributed by atoms with Crippen LogP contribution in [-0.2, 0) is 12.7 Å². The van der Waals surface area contributed by atoms with Crippen molar-refractivity contribution >= 4 is 0 Å². The summed E-state index contributed by atoms with van der Waals surface area (Å²) in [4.78, 5) is 2.18. The predicted octanol–water partition coefficient (Wildman–Crippen LogP) is 3.64. The van der Waals surface area contributed by atoms with Gasteiger partial charge in [0, 0.05) is 19.1 Å². The summed E-state index contributed by atoms with van der Waals surface area (Å²) in [6, 6.07) is 4.12. The lowest BCUT2D eigenvalue weighted by Gasteiger charge is -2.21. The summed E-state index contributed by atoms with van der Waals surface area (Å²) in [5.41, 5.74) is -0.365. The zero-order chi connectivity index (χ0) is 14.2. The monoisotopic (exact) mass is 273 g/mol. The number of hydrogen-bond acceptors (Lipinski definition) is 2. The molecule has 106 valence electrons. The van der Waals surface area contributed by atoms with Gasteiger partial charge in [0.25, 0.3) is 0 Å². The van der Waals surface area contributed by atoms with Gasteiger partial charge in [-0.15, -0.1) is 0 Å². The number of nitrogens with zero attached hydrogens (tertiary/aromatic N) is 1. The highest BCUT2D eigenvalue weighted by molar-refractivity contribution is 5.38. The van der Waals surface area contributed by atoms with Crippen LogP contribution >= 0.6 is 0 Å². The highest BCUT2D eigenvalue weighted by atomic mass is 19.4. The van der Waals surface area contributed by atoms with Gasteiger partial charge in [0.2, 0.25) is 0 Å². The lowest BCUT2D eigenvalue weighted by Crippen LogP contribution is -2.26. The van der Waals surface area contributed by atoms with Crippen LogP contribution in [0.15, 0.2) is 18.2 Å². The summed E-state index contributed by atoms with van der Waals surface area (Å²) in [6.45, 7) is 5.64. The van der Waals surface area contributed by atoms with Gasteiger partial charge in [-0.1, -0.05) is 13.0 Å². The summed E-state index contributed by atoms with van der Waals surface area (Å²) in [6.07, 6.45) is -3.44. The summed E-state index contributed by atoms with van der Waals surface area (Å²) >= 11 is 0. The molecule has 1 aromatic carbocycles. The quantitative estimate of drug-likeness (QED) is 0.889. The third-order valence-corrected chi connectivity index (χ3v) is 3.67. The lowest BCUT2D eigenvalue weighted by molar-refractivity contribution is -0.138. The van der Waals surface area contributed by atoms with Crippen LogP contribution in [-0.4, -0.2) is 22.6 Å². The van der Waals surface area contributed by atoms with Crippen molar-refractivity contribution in [3.05, 3.63) is 29.3 Å². The molecule has 0 amide bonds. The van der Waals surface area contributed by atoms with Gasteiger partial charge in [0.1, 0.15) is 5.75 Å². The number of aromatic hydroxyl groups is 1. The fourth-order valence-electron chi connectivity index (χ4n) is 2.75. The fraction of sp³-hybridized carbons (Fsp3) is 0.571. The van der Waals surface area contributed by atoms with E-state index in [1.54, 1.807) is 6.07 Å². The average Bonchev–Trinajstić information content (AvgIpc) is 2.58. The van der Waals surface area contributed by atoms with E-state index >= 15 is 0 Å². The van der Waals surface area contributed by atoms with E-state index in [-0.39, 0.29) is 0 Å². The normalized spacial score (nSPS) is 24.9. The maximum atomic E-state index is 12.7. The molecule has 0 spiro atoms. The Morgan fingerprint density at radius 2 is 2.00 bits per heavy atom. The molecule has 1 aliphatic heterocycles. The van der Waals surface area contributed by atoms with Crippen LogP contribution in [0.25, 0.3) is 0 Å². The second-order valence-corrected chi connectivity index (χ2v) is 5.47. The van der Waals surface area contributed by atoms with E-state index in [1.165, 1.54) is 0 Å². The molecule has 0 saturated carbocycles. The second-order valence-electron chi connectivity index (χ2n) is 5.47. The van der Waals surface area contributed by atoms with Crippen molar-refractivity contribution in [3.8, 4) is 5.75 Å². The van der Waals surface area contributed by atoms with Gasteiger partial charge in [-0.25, -0.2) is 0 Å². The molecule has 1 saturated heterocycles. The van der Waals surface area contributed by atoms with E-state index in [0.29, 0.717) is 24.1 Å². The first-order chi connectivity index (χ1) is 8.77. The van der Waals surface area contributed by atoms with Crippen molar-refractivity contribution in [1.29, 1.82) is 0 Å². The van der Waals surface area contributed by atoms with Gasteiger partial charge in [-0.3, -0.25) is 4.90 Å². The number of hydrogen-bond donors (Lipinski definition) is 1. The smallest absolute Gasteiger partial charge is 0.419 e. The van der Waals surface area contributed by atoms with Crippen molar-refractivity contribution in [2.75, 3.05) is 6.54 Å². The molecule has 1 aliphatic rings. The number of phenols is 1. The molecule has 0 aromatic heterocycles. The molecular weight excluding hydrogens is 255 g/mol. The Morgan fingerprint density at radius 1 is 1.32 bits per heavy atom. The Hall–Kier alpha value is -1.23. The number of likely N-dealkylation sites (tertiary alicyclic amines) is 1. The lowest BCUT2D eigenvalue weighted by atomic mass is 10.1. The zero-order valence-corrected chi connectivity index (χ0v) is 11.0. The van der Waals surface area contributed by atoms with Crippen LogP contribution in [0, 0.1) is 5.92 Å². The molecule has 1 heterocycles. The number of alkyl halides is 3. The molecule has 1 aromatic rings. The van der Waals surface area contributed by atoms with Gasteiger partial charge in [0.05, 0.1) is 5.56 Å². The molecule has 2 rings (SSSR count). The second kappa shape index (κ2) is 5.04. The van der Waals surface area contributed by atoms with E-state index in [0.717, 1.165) is 25.1 Å². The van der Waals surface area contributed by atoms with E-state index in [1.807, 2.05) is 0 Å². The van der Waals surface area contributed by atoms with Crippen molar-refractivity contribution in [2.45, 2.75) is 39.0 Å². The minimum absolute atomic E-state index is 0.387. The Kier molecular flexibility index (Phi) is 3.76. The van der Waals surface area contributed by atoms with Crippen molar-refractivity contribution in [2.24, 2.45) is 5.92 Å². The van der Waals surface area contributed by atoms with Crippen molar-refractivity contribution < 1.29 is 18.3 Å². The first-order valence-corrected chi connectivity index (χ1v) is 6.40. The minimum Gasteiger partial charge on any atom is -0.507 e. The number of phenolic OH excluding ortho intramolecular Hbond substituents is 1. The van der Waals surface area contributed by atoms with E-state index in [2.05, 4.69) is 18.7 Å². The van der Waals surface area contributed by atoms with Gasteiger partial charge < -0.3 is 5.11 Å². The average molecular weight is 273 g/mol. The topological polar surface area (TPSA) is 23.5 Å². The molecule has 2 nitrogen and oxygen atoms in total. The standard InChI is InChI=1S/C14H18F3NO/c1-9-5-10(2)18(7-9)8-11-3-4-13(19)12(6-11)14(15,16)17/h3-4,6,9-10,19H,5,7-8H2,1-2H3. The SMILES string of the molecule is CC1CC(C)N(Cc2ccc(O)c(C(F)(F)F)c2)C1. The molecular formula is C14H18F3NO. The van der Waals surface area contributed by atoms with Gasteiger partial charge in [0.15, 0.2) is 0 Å². The first-order valence-electron chi connectivity index (χ1n) is 6.40. The summed E-state index contributed by atoms with van der Waals surface area (Å²) in [7, 11) is 0. The highest BCUT2D eigenvalue weighted by Crippen LogP contribution is 2.36. The molecule has 0 aliphatic carbocycles. The molecule has 2 atom stereocenters. The van der Waals surface area contributed by atoms with Crippen LogP contribution in [0.3, 0.4) is 0 Å². The van der Waals surface area contributed by atoms with Crippen LogP contribution in [0.1, 0.15) is 31.4 Å². The third-order valence-electron chi connectivity index (χ3n) is 3.67. The zero-order valence-electron chi connectivity index (χ0n) is 11.0. The molecule has 2 unspecified atom stereocenters. The van der Waals surface area contributed by atoms with Gasteiger partial charge in [-0.05, 0) is 37.0 Å². The third kappa shape index (κ3) is 3.21. The van der Waals surface area contributed by atoms with E-state index < -0.39 is 17.5 Å². The maximum Gasteiger partial charge on any atom is 0.419 e. The molecule has 0 radical (unpaired) electrons. The first kappa shape index (κ1) is 14.2. The Morgan fingerprint density at radius 3 is 2.53 bits per heavy atom. The number of halogens is 3. The largest absolute Gasteiger partial charge is 0.507 e. The molecule has 5 heteroatoms. The van der Waals surface area contributed by atoms with Crippen LogP contribution in [0.2, 0.25) is 0 Å². The van der Waals surface area contributed by atoms with Crippen LogP contribution < -0.4 is 0 Å². The van der Waals surface area contributed by atoms with Gasteiger partial charge >= 0.3 is 6.18 Å². The summed E-state index contributed by atoms with van der Waals surface area (Å²) < 4.78 is 38.1. The molecule has 0 bridgehead atoms. The molecule has 19 heavy (non-hydrogen) atoms. The maximum absolute atomic E-state index is 12.7. The van der Waals surface area contributed by atoms with Crippen LogP contribution in [0.4, 0.5) is 13.2 Å². The molecule has 1 fully saturated rings. The summed E-state index contributed by atoms with van der Waals surface area (Å²) in [5, 5.41) is 9.29. The van der Waals surface area contributed by atoms with E-state index in [4.69, 9.17) is 0 Å². The Balaban J connectivity index is 2.18. The number of rotatable bonds is 2. The minimum atomic E-state index is -4.51. The van der Waals surface area contributed by atoms with Crippen molar-refractivity contribution in [1.82, 2.24) is 4.90 Å². The van der Waals surface area contributed by atoms with Crippen molar-refractivity contribution in [3.63, 3.8) is 0 Å². The molecule has 1 N–H and O–H groups in total. The Bertz CT molecular complexity index is 458. The fourth-order valence-corrected chi connectivity index (χ4v) is 2.75. The van der Waals surface area contributed by atoms with E-state index in [9.17, 15) is 18.3 Å². The summed E-state index contributed by atoms with van der Waals surface area (Å²) in [5.74, 6) is -0.131. The Labute approximate surface area is 110 Å². The number of benzene rings is 1. The van der Waals surface area contributed by atoms with Crippen LogP contribution in [0.5, 0.6) is 5.75 Å². The highest BCUT2D eigenvalue weighted by Gasteiger charge is 2.34. The predicted molar refractivity (Wildman–Crippen MR) is 66.8 cm³/mol. The van der Waals surface area contributed by atoms with Gasteiger partial charge in [-0.2, -0.15) is 13.2 Å².